The van der Waals surface area contributed by atoms with Crippen LogP contribution in [0.5, 0.6) is 0 Å². The Morgan fingerprint density at radius 1 is 1.53 bits per heavy atom. The number of halogens is 2. The van der Waals surface area contributed by atoms with Crippen molar-refractivity contribution >= 4 is 15.9 Å². The first-order chi connectivity index (χ1) is 8.16. The van der Waals surface area contributed by atoms with E-state index in [-0.39, 0.29) is 5.82 Å². The van der Waals surface area contributed by atoms with Crippen LogP contribution >= 0.6 is 15.9 Å². The van der Waals surface area contributed by atoms with Crippen molar-refractivity contribution in [2.24, 2.45) is 5.92 Å². The van der Waals surface area contributed by atoms with Crippen molar-refractivity contribution in [3.8, 4) is 0 Å². The second-order valence-electron chi connectivity index (χ2n) is 4.49. The van der Waals surface area contributed by atoms with Crippen LogP contribution in [0.4, 0.5) is 4.39 Å². The zero-order valence-corrected chi connectivity index (χ0v) is 11.5. The second kappa shape index (κ2) is 5.94. The van der Waals surface area contributed by atoms with Gasteiger partial charge in [-0.3, -0.25) is 0 Å². The van der Waals surface area contributed by atoms with Gasteiger partial charge in [0.05, 0.1) is 6.10 Å². The summed E-state index contributed by atoms with van der Waals surface area (Å²) in [5, 5.41) is 3.30. The van der Waals surface area contributed by atoms with Crippen LogP contribution in [0.15, 0.2) is 22.7 Å². The van der Waals surface area contributed by atoms with E-state index in [1.165, 1.54) is 6.07 Å². The van der Waals surface area contributed by atoms with Crippen molar-refractivity contribution in [1.29, 1.82) is 0 Å². The van der Waals surface area contributed by atoms with Gasteiger partial charge in [-0.25, -0.2) is 4.39 Å². The second-order valence-corrected chi connectivity index (χ2v) is 5.41. The molecule has 0 radical (unpaired) electrons. The minimum atomic E-state index is -0.156. The van der Waals surface area contributed by atoms with Crippen molar-refractivity contribution in [3.63, 3.8) is 0 Å². The molecule has 0 spiro atoms. The first kappa shape index (κ1) is 13.0. The van der Waals surface area contributed by atoms with Crippen LogP contribution in [-0.2, 0) is 11.3 Å². The molecule has 1 heterocycles. The van der Waals surface area contributed by atoms with E-state index in [2.05, 4.69) is 28.2 Å². The maximum absolute atomic E-state index is 13.5. The van der Waals surface area contributed by atoms with Gasteiger partial charge in [-0.15, -0.1) is 0 Å². The number of ether oxygens (including phenoxy) is 1. The highest BCUT2D eigenvalue weighted by Gasteiger charge is 2.23. The molecule has 2 nitrogen and oxygen atoms in total. The van der Waals surface area contributed by atoms with Crippen molar-refractivity contribution in [2.45, 2.75) is 26.0 Å². The summed E-state index contributed by atoms with van der Waals surface area (Å²) in [6, 6.07) is 5.02. The van der Waals surface area contributed by atoms with Gasteiger partial charge >= 0.3 is 0 Å². The Morgan fingerprint density at radius 3 is 3.06 bits per heavy atom. The third kappa shape index (κ3) is 3.50. The minimum Gasteiger partial charge on any atom is -0.378 e. The molecule has 1 aliphatic heterocycles. The summed E-state index contributed by atoms with van der Waals surface area (Å²) in [6.07, 6.45) is 1.41. The van der Waals surface area contributed by atoms with E-state index in [1.807, 2.05) is 6.07 Å². The maximum Gasteiger partial charge on any atom is 0.127 e. The molecule has 0 amide bonds. The monoisotopic (exact) mass is 301 g/mol. The highest BCUT2D eigenvalue weighted by Crippen LogP contribution is 2.20. The lowest BCUT2D eigenvalue weighted by Gasteiger charge is -2.15. The molecular weight excluding hydrogens is 285 g/mol. The van der Waals surface area contributed by atoms with Crippen molar-refractivity contribution < 1.29 is 9.13 Å². The van der Waals surface area contributed by atoms with Crippen LogP contribution in [0, 0.1) is 11.7 Å². The Kier molecular flexibility index (Phi) is 4.54. The fourth-order valence-electron chi connectivity index (χ4n) is 2.12. The molecule has 4 heteroatoms. The zero-order chi connectivity index (χ0) is 12.3. The summed E-state index contributed by atoms with van der Waals surface area (Å²) in [7, 11) is 0. The first-order valence-electron chi connectivity index (χ1n) is 5.93. The molecule has 0 saturated carbocycles. The number of nitrogens with one attached hydrogen (secondary N) is 1. The van der Waals surface area contributed by atoms with E-state index in [9.17, 15) is 4.39 Å². The Morgan fingerprint density at radius 2 is 2.35 bits per heavy atom. The van der Waals surface area contributed by atoms with E-state index in [0.717, 1.165) is 24.0 Å². The smallest absolute Gasteiger partial charge is 0.127 e. The van der Waals surface area contributed by atoms with E-state index < -0.39 is 0 Å². The van der Waals surface area contributed by atoms with E-state index in [1.54, 1.807) is 6.07 Å². The highest BCUT2D eigenvalue weighted by molar-refractivity contribution is 9.10. The average molecular weight is 302 g/mol. The summed E-state index contributed by atoms with van der Waals surface area (Å²) in [6.45, 7) is 4.39. The van der Waals surface area contributed by atoms with Crippen LogP contribution in [0.25, 0.3) is 0 Å². The third-order valence-corrected chi connectivity index (χ3v) is 3.76. The number of rotatable bonds is 4. The van der Waals surface area contributed by atoms with Crippen molar-refractivity contribution in [1.82, 2.24) is 5.32 Å². The summed E-state index contributed by atoms with van der Waals surface area (Å²) in [5.74, 6) is 0.390. The van der Waals surface area contributed by atoms with Gasteiger partial charge in [0, 0.05) is 29.7 Å². The number of hydrogen-bond donors (Lipinski definition) is 1. The highest BCUT2D eigenvalue weighted by atomic mass is 79.9. The quantitative estimate of drug-likeness (QED) is 0.923. The van der Waals surface area contributed by atoms with E-state index in [0.29, 0.717) is 24.1 Å². The molecular formula is C13H17BrFNO. The lowest BCUT2D eigenvalue weighted by atomic mass is 10.0. The molecule has 1 fully saturated rings. The molecule has 0 bridgehead atoms. The molecule has 17 heavy (non-hydrogen) atoms. The maximum atomic E-state index is 13.5. The molecule has 0 aromatic heterocycles. The topological polar surface area (TPSA) is 21.3 Å². The molecule has 1 N–H and O–H groups in total. The molecule has 1 aromatic rings. The molecule has 2 atom stereocenters. The lowest BCUT2D eigenvalue weighted by molar-refractivity contribution is 0.105. The number of benzene rings is 1. The van der Waals surface area contributed by atoms with Gasteiger partial charge < -0.3 is 10.1 Å². The summed E-state index contributed by atoms with van der Waals surface area (Å²) >= 11 is 3.35. The predicted molar refractivity (Wildman–Crippen MR) is 69.3 cm³/mol. The van der Waals surface area contributed by atoms with E-state index >= 15 is 0 Å². The molecule has 1 aliphatic rings. The molecule has 1 saturated heterocycles. The molecule has 94 valence electrons. The van der Waals surface area contributed by atoms with Crippen LogP contribution in [0.1, 0.15) is 18.9 Å². The van der Waals surface area contributed by atoms with Crippen LogP contribution in [0.2, 0.25) is 0 Å². The minimum absolute atomic E-state index is 0.156. The molecule has 2 rings (SSSR count). The Hall–Kier alpha value is -0.450. The third-order valence-electron chi connectivity index (χ3n) is 3.26. The average Bonchev–Trinajstić information content (AvgIpc) is 2.70. The predicted octanol–water partition coefficient (Wildman–Crippen LogP) is 3.10. The van der Waals surface area contributed by atoms with Gasteiger partial charge in [-0.1, -0.05) is 15.9 Å². The Bertz CT molecular complexity index is 386. The van der Waals surface area contributed by atoms with Gasteiger partial charge in [-0.05, 0) is 37.5 Å². The molecule has 1 aromatic carbocycles. The molecule has 2 unspecified atom stereocenters. The van der Waals surface area contributed by atoms with Crippen molar-refractivity contribution in [3.05, 3.63) is 34.1 Å². The van der Waals surface area contributed by atoms with Crippen LogP contribution in [-0.4, -0.2) is 19.3 Å². The lowest BCUT2D eigenvalue weighted by Crippen LogP contribution is -2.26. The first-order valence-corrected chi connectivity index (χ1v) is 6.72. The van der Waals surface area contributed by atoms with Gasteiger partial charge in [0.1, 0.15) is 5.82 Å². The Labute approximate surface area is 110 Å². The fourth-order valence-corrected chi connectivity index (χ4v) is 2.52. The van der Waals surface area contributed by atoms with Crippen LogP contribution in [0.3, 0.4) is 0 Å². The zero-order valence-electron chi connectivity index (χ0n) is 9.88. The number of hydrogen-bond acceptors (Lipinski definition) is 2. The fraction of sp³-hybridized carbons (Fsp3) is 0.538. The van der Waals surface area contributed by atoms with Gasteiger partial charge in [-0.2, -0.15) is 0 Å². The van der Waals surface area contributed by atoms with E-state index in [4.69, 9.17) is 4.74 Å². The van der Waals surface area contributed by atoms with Gasteiger partial charge in [0.15, 0.2) is 0 Å². The standard InChI is InChI=1S/C13H17BrFNO/c1-9-10(4-5-17-9)7-16-8-11-6-12(14)2-3-13(11)15/h2-3,6,9-10,16H,4-5,7-8H2,1H3. The van der Waals surface area contributed by atoms with Gasteiger partial charge in [0.25, 0.3) is 0 Å². The molecule has 0 aliphatic carbocycles. The van der Waals surface area contributed by atoms with Crippen LogP contribution < -0.4 is 5.32 Å². The summed E-state index contributed by atoms with van der Waals surface area (Å²) in [5.41, 5.74) is 0.700. The Balaban J connectivity index is 1.83. The van der Waals surface area contributed by atoms with Crippen molar-refractivity contribution in [2.75, 3.05) is 13.2 Å². The SMILES string of the molecule is CC1OCCC1CNCc1cc(Br)ccc1F. The summed E-state index contributed by atoms with van der Waals surface area (Å²) in [4.78, 5) is 0. The largest absolute Gasteiger partial charge is 0.378 e. The normalized spacial score (nSPS) is 24.2. The summed E-state index contributed by atoms with van der Waals surface area (Å²) < 4.78 is 19.9. The van der Waals surface area contributed by atoms with Gasteiger partial charge in [0.2, 0.25) is 0 Å².